The minimum absolute atomic E-state index is 0.0881. The van der Waals surface area contributed by atoms with Gasteiger partial charge in [0.2, 0.25) is 0 Å². The molecule has 8 heteroatoms. The molecule has 0 aliphatic rings. The third kappa shape index (κ3) is 5.59. The van der Waals surface area contributed by atoms with Crippen LogP contribution in [0, 0.1) is 0 Å². The molecule has 0 bridgehead atoms. The number of carbonyl (C=O) groups is 1. The number of hydrogen-bond donors (Lipinski definition) is 1. The lowest BCUT2D eigenvalue weighted by Gasteiger charge is -2.20. The Morgan fingerprint density at radius 1 is 1.08 bits per heavy atom. The van der Waals surface area contributed by atoms with Crippen molar-refractivity contribution in [2.75, 3.05) is 13.7 Å². The zero-order valence-corrected chi connectivity index (χ0v) is 13.3. The molecule has 0 radical (unpaired) electrons. The number of alkyl halides is 3. The van der Waals surface area contributed by atoms with Crippen molar-refractivity contribution in [2.45, 2.75) is 12.9 Å². The van der Waals surface area contributed by atoms with E-state index < -0.39 is 12.3 Å². The Kier molecular flexibility index (Phi) is 5.74. The summed E-state index contributed by atoms with van der Waals surface area (Å²) in [5.41, 5.74) is 0.207. The summed E-state index contributed by atoms with van der Waals surface area (Å²) < 4.78 is 46.4. The summed E-state index contributed by atoms with van der Waals surface area (Å²) >= 11 is 0. The van der Waals surface area contributed by atoms with Crippen molar-refractivity contribution in [1.82, 2.24) is 4.90 Å². The Labute approximate surface area is 142 Å². The second-order valence-electron chi connectivity index (χ2n) is 5.16. The van der Waals surface area contributed by atoms with Crippen molar-refractivity contribution < 1.29 is 32.5 Å². The molecule has 0 aromatic heterocycles. The number of amides is 1. The monoisotopic (exact) mass is 355 g/mol. The highest BCUT2D eigenvalue weighted by Gasteiger charge is 2.32. The van der Waals surface area contributed by atoms with Crippen LogP contribution in [-0.4, -0.2) is 35.9 Å². The number of aromatic hydroxyl groups is 1. The molecule has 2 aromatic rings. The largest absolute Gasteiger partial charge is 0.573 e. The van der Waals surface area contributed by atoms with E-state index in [1.807, 2.05) is 0 Å². The Morgan fingerprint density at radius 3 is 2.32 bits per heavy atom. The summed E-state index contributed by atoms with van der Waals surface area (Å²) in [6, 6.07) is 11.7. The average Bonchev–Trinajstić information content (AvgIpc) is 2.54. The first-order valence-corrected chi connectivity index (χ1v) is 7.24. The Balaban J connectivity index is 1.98. The van der Waals surface area contributed by atoms with Gasteiger partial charge in [0.1, 0.15) is 5.75 Å². The van der Waals surface area contributed by atoms with Crippen LogP contribution in [0.25, 0.3) is 0 Å². The Morgan fingerprint density at radius 2 is 1.68 bits per heavy atom. The first-order valence-electron chi connectivity index (χ1n) is 7.24. The lowest BCUT2D eigenvalue weighted by Crippen LogP contribution is -2.31. The molecule has 0 heterocycles. The van der Waals surface area contributed by atoms with Gasteiger partial charge in [0.15, 0.2) is 18.1 Å². The number of likely N-dealkylation sites (N-methyl/N-ethyl adjacent to an activating group) is 1. The molecular formula is C17H16F3NO4. The molecular weight excluding hydrogens is 339 g/mol. The number of para-hydroxylation sites is 3. The summed E-state index contributed by atoms with van der Waals surface area (Å²) in [4.78, 5) is 13.3. The van der Waals surface area contributed by atoms with Crippen LogP contribution in [0.3, 0.4) is 0 Å². The summed E-state index contributed by atoms with van der Waals surface area (Å²) in [5, 5.41) is 9.57. The zero-order valence-electron chi connectivity index (χ0n) is 13.3. The fraction of sp³-hybridized carbons (Fsp3) is 0.235. The van der Waals surface area contributed by atoms with Gasteiger partial charge >= 0.3 is 6.36 Å². The van der Waals surface area contributed by atoms with Crippen molar-refractivity contribution in [3.63, 3.8) is 0 Å². The van der Waals surface area contributed by atoms with Crippen molar-refractivity contribution in [3.05, 3.63) is 54.1 Å². The molecule has 0 atom stereocenters. The van der Waals surface area contributed by atoms with E-state index in [1.165, 1.54) is 42.3 Å². The van der Waals surface area contributed by atoms with Crippen LogP contribution >= 0.6 is 0 Å². The van der Waals surface area contributed by atoms with E-state index in [1.54, 1.807) is 18.2 Å². The number of benzene rings is 2. The van der Waals surface area contributed by atoms with Crippen molar-refractivity contribution >= 4 is 5.91 Å². The van der Waals surface area contributed by atoms with Gasteiger partial charge in [-0.15, -0.1) is 13.2 Å². The first kappa shape index (κ1) is 18.4. The molecule has 0 aliphatic carbocycles. The van der Waals surface area contributed by atoms with Gasteiger partial charge < -0.3 is 19.5 Å². The Hall–Kier alpha value is -2.90. The third-order valence-corrected chi connectivity index (χ3v) is 3.25. The predicted octanol–water partition coefficient (Wildman–Crippen LogP) is 3.33. The average molecular weight is 355 g/mol. The van der Waals surface area contributed by atoms with E-state index in [-0.39, 0.29) is 36.0 Å². The smallest absolute Gasteiger partial charge is 0.504 e. The molecule has 0 saturated heterocycles. The number of halogens is 3. The van der Waals surface area contributed by atoms with Crippen molar-refractivity contribution in [1.29, 1.82) is 0 Å². The molecule has 1 amide bonds. The van der Waals surface area contributed by atoms with Gasteiger partial charge in [-0.25, -0.2) is 0 Å². The van der Waals surface area contributed by atoms with Crippen LogP contribution in [-0.2, 0) is 11.3 Å². The highest BCUT2D eigenvalue weighted by molar-refractivity contribution is 5.77. The lowest BCUT2D eigenvalue weighted by atomic mass is 10.2. The first-order chi connectivity index (χ1) is 11.8. The highest BCUT2D eigenvalue weighted by atomic mass is 19.4. The molecule has 0 spiro atoms. The topological polar surface area (TPSA) is 59.0 Å². The molecule has 25 heavy (non-hydrogen) atoms. The number of phenolic OH excluding ortho intramolecular Hbond substituents is 1. The lowest BCUT2D eigenvalue weighted by molar-refractivity contribution is -0.275. The van der Waals surface area contributed by atoms with Gasteiger partial charge in [0.05, 0.1) is 0 Å². The van der Waals surface area contributed by atoms with Gasteiger partial charge in [0, 0.05) is 19.2 Å². The van der Waals surface area contributed by atoms with E-state index in [9.17, 15) is 23.1 Å². The van der Waals surface area contributed by atoms with Crippen LogP contribution in [0.15, 0.2) is 48.5 Å². The Bertz CT molecular complexity index is 734. The van der Waals surface area contributed by atoms with E-state index in [0.29, 0.717) is 0 Å². The second-order valence-corrected chi connectivity index (χ2v) is 5.16. The van der Waals surface area contributed by atoms with E-state index in [4.69, 9.17) is 4.74 Å². The molecule has 134 valence electrons. The minimum atomic E-state index is -4.81. The highest BCUT2D eigenvalue weighted by Crippen LogP contribution is 2.27. The molecule has 2 aromatic carbocycles. The van der Waals surface area contributed by atoms with Crippen molar-refractivity contribution in [2.24, 2.45) is 0 Å². The quantitative estimate of drug-likeness (QED) is 0.864. The maximum absolute atomic E-state index is 12.4. The van der Waals surface area contributed by atoms with E-state index >= 15 is 0 Å². The number of hydrogen-bond acceptors (Lipinski definition) is 4. The second kappa shape index (κ2) is 7.78. The number of ether oxygens (including phenoxy) is 2. The summed E-state index contributed by atoms with van der Waals surface area (Å²) in [6.07, 6.45) is -4.81. The van der Waals surface area contributed by atoms with Crippen LogP contribution in [0.5, 0.6) is 17.2 Å². The summed E-state index contributed by atoms with van der Waals surface area (Å²) in [7, 11) is 1.43. The van der Waals surface area contributed by atoms with Gasteiger partial charge in [-0.3, -0.25) is 4.79 Å². The molecule has 0 aliphatic heterocycles. The summed E-state index contributed by atoms with van der Waals surface area (Å²) in [5.74, 6) is -0.798. The molecule has 0 fully saturated rings. The molecule has 2 rings (SSSR count). The maximum Gasteiger partial charge on any atom is 0.573 e. The predicted molar refractivity (Wildman–Crippen MR) is 83.2 cm³/mol. The van der Waals surface area contributed by atoms with Gasteiger partial charge in [-0.05, 0) is 18.2 Å². The van der Waals surface area contributed by atoms with Gasteiger partial charge in [-0.1, -0.05) is 30.3 Å². The van der Waals surface area contributed by atoms with E-state index in [0.717, 1.165) is 0 Å². The van der Waals surface area contributed by atoms with Crippen LogP contribution in [0.1, 0.15) is 5.56 Å². The van der Waals surface area contributed by atoms with Crippen LogP contribution in [0.4, 0.5) is 13.2 Å². The number of nitrogens with zero attached hydrogens (tertiary/aromatic N) is 1. The van der Waals surface area contributed by atoms with Crippen LogP contribution < -0.4 is 9.47 Å². The van der Waals surface area contributed by atoms with E-state index in [2.05, 4.69) is 4.74 Å². The minimum Gasteiger partial charge on any atom is -0.504 e. The SMILES string of the molecule is CN(Cc1ccccc1OC(F)(F)F)C(=O)COc1ccccc1O. The number of rotatable bonds is 6. The fourth-order valence-electron chi connectivity index (χ4n) is 2.03. The van der Waals surface area contributed by atoms with Crippen LogP contribution in [0.2, 0.25) is 0 Å². The third-order valence-electron chi connectivity index (χ3n) is 3.25. The number of phenols is 1. The van der Waals surface area contributed by atoms with Gasteiger partial charge in [0.25, 0.3) is 5.91 Å². The molecule has 5 nitrogen and oxygen atoms in total. The van der Waals surface area contributed by atoms with Gasteiger partial charge in [-0.2, -0.15) is 0 Å². The molecule has 0 saturated carbocycles. The normalized spacial score (nSPS) is 11.0. The standard InChI is InChI=1S/C17H16F3NO4/c1-21(16(23)11-24-15-9-5-3-7-13(15)22)10-12-6-2-4-8-14(12)25-17(18,19)20/h2-9,22H,10-11H2,1H3. The molecule has 1 N–H and O–H groups in total. The number of carbonyl (C=O) groups excluding carboxylic acids is 1. The van der Waals surface area contributed by atoms with Crippen molar-refractivity contribution in [3.8, 4) is 17.2 Å². The molecule has 0 unspecified atom stereocenters. The summed E-state index contributed by atoms with van der Waals surface area (Å²) in [6.45, 7) is -0.453. The zero-order chi connectivity index (χ0) is 18.4. The maximum atomic E-state index is 12.4. The fourth-order valence-corrected chi connectivity index (χ4v) is 2.03.